The smallest absolute Gasteiger partial charge is 0.205 e. The Morgan fingerprint density at radius 1 is 1.45 bits per heavy atom. The predicted octanol–water partition coefficient (Wildman–Crippen LogP) is 1.71. The van der Waals surface area contributed by atoms with Gasteiger partial charge in [-0.1, -0.05) is 23.7 Å². The Bertz CT molecular complexity index is 638. The van der Waals surface area contributed by atoms with Gasteiger partial charge in [0, 0.05) is 12.1 Å². The zero-order valence-electron chi connectivity index (χ0n) is 10.9. The lowest BCUT2D eigenvalue weighted by atomic mass is 9.95. The van der Waals surface area contributed by atoms with E-state index in [2.05, 4.69) is 9.95 Å². The molecule has 6 heteroatoms. The fraction of sp³-hybridized carbons (Fsp3) is 0.429. The summed E-state index contributed by atoms with van der Waals surface area (Å²) in [5, 5.41) is 26.8. The quantitative estimate of drug-likeness (QED) is 0.775. The summed E-state index contributed by atoms with van der Waals surface area (Å²) < 4.78 is 0. The number of hydrogen-bond acceptors (Lipinski definition) is 4. The number of halogens is 1. The maximum absolute atomic E-state index is 10.4. The van der Waals surface area contributed by atoms with E-state index in [0.29, 0.717) is 29.4 Å². The molecule has 1 aromatic rings. The van der Waals surface area contributed by atoms with Crippen LogP contribution in [0.3, 0.4) is 0 Å². The lowest BCUT2D eigenvalue weighted by molar-refractivity contribution is 0.0643. The Kier molecular flexibility index (Phi) is 3.17. The average molecular weight is 292 g/mol. The number of benzene rings is 1. The van der Waals surface area contributed by atoms with Crippen LogP contribution in [0.1, 0.15) is 17.5 Å². The molecule has 0 aliphatic carbocycles. The number of hydrazone groups is 1. The van der Waals surface area contributed by atoms with Crippen LogP contribution in [0.2, 0.25) is 5.02 Å². The standard InChI is InChI=1S/C14H14ClN3O2/c1-7-8(3-4-9(16-2)11(7)15)12-14(20)13-10(19)5-6-18(13)17-12/h3-4,10,13-14,19-20H,5-6H2,1H3/t10-,13-,14+/m0/s1. The highest BCUT2D eigenvalue weighted by molar-refractivity contribution is 6.34. The highest BCUT2D eigenvalue weighted by Gasteiger charge is 2.45. The molecule has 3 rings (SSSR count). The Morgan fingerprint density at radius 3 is 2.85 bits per heavy atom. The molecule has 1 saturated heterocycles. The van der Waals surface area contributed by atoms with Crippen LogP contribution in [0.5, 0.6) is 0 Å². The molecule has 0 radical (unpaired) electrons. The number of hydrogen-bond donors (Lipinski definition) is 2. The first-order valence-corrected chi connectivity index (χ1v) is 6.80. The van der Waals surface area contributed by atoms with E-state index in [-0.39, 0.29) is 6.04 Å². The van der Waals surface area contributed by atoms with Gasteiger partial charge in [0.15, 0.2) is 0 Å². The van der Waals surface area contributed by atoms with Gasteiger partial charge in [0.05, 0.1) is 23.4 Å². The maximum atomic E-state index is 10.4. The van der Waals surface area contributed by atoms with Crippen LogP contribution < -0.4 is 0 Å². The zero-order valence-corrected chi connectivity index (χ0v) is 11.7. The third kappa shape index (κ3) is 1.80. The van der Waals surface area contributed by atoms with Crippen molar-refractivity contribution in [1.29, 1.82) is 0 Å². The molecule has 2 heterocycles. The molecule has 1 aromatic carbocycles. The molecule has 0 spiro atoms. The maximum Gasteiger partial charge on any atom is 0.205 e. The van der Waals surface area contributed by atoms with Gasteiger partial charge in [0.1, 0.15) is 12.1 Å². The second kappa shape index (κ2) is 4.74. The Labute approximate surface area is 121 Å². The van der Waals surface area contributed by atoms with Crippen LogP contribution >= 0.6 is 11.6 Å². The molecular formula is C14H14ClN3O2. The van der Waals surface area contributed by atoms with Crippen molar-refractivity contribution in [2.75, 3.05) is 6.54 Å². The van der Waals surface area contributed by atoms with E-state index in [0.717, 1.165) is 11.1 Å². The van der Waals surface area contributed by atoms with E-state index >= 15 is 0 Å². The van der Waals surface area contributed by atoms with Crippen molar-refractivity contribution in [3.63, 3.8) is 0 Å². The van der Waals surface area contributed by atoms with Crippen molar-refractivity contribution < 1.29 is 10.2 Å². The zero-order chi connectivity index (χ0) is 14.4. The molecule has 0 saturated carbocycles. The summed E-state index contributed by atoms with van der Waals surface area (Å²) in [6, 6.07) is 3.02. The predicted molar refractivity (Wildman–Crippen MR) is 76.1 cm³/mol. The van der Waals surface area contributed by atoms with Gasteiger partial charge in [0.25, 0.3) is 0 Å². The largest absolute Gasteiger partial charge is 0.391 e. The second-order valence-corrected chi connectivity index (χ2v) is 5.50. The molecule has 1 fully saturated rings. The Hall–Kier alpha value is -1.61. The summed E-state index contributed by atoms with van der Waals surface area (Å²) in [4.78, 5) is 3.35. The third-order valence-electron chi connectivity index (χ3n) is 3.99. The van der Waals surface area contributed by atoms with Crippen molar-refractivity contribution in [2.24, 2.45) is 5.10 Å². The van der Waals surface area contributed by atoms with Gasteiger partial charge in [0.2, 0.25) is 5.69 Å². The van der Waals surface area contributed by atoms with Crippen LogP contribution in [-0.2, 0) is 0 Å². The first kappa shape index (κ1) is 13.4. The van der Waals surface area contributed by atoms with Gasteiger partial charge < -0.3 is 10.2 Å². The highest BCUT2D eigenvalue weighted by atomic mass is 35.5. The number of aliphatic hydroxyl groups is 2. The van der Waals surface area contributed by atoms with Crippen LogP contribution in [0, 0.1) is 13.5 Å². The molecule has 5 nitrogen and oxygen atoms in total. The fourth-order valence-electron chi connectivity index (χ4n) is 2.88. The lowest BCUT2D eigenvalue weighted by Gasteiger charge is -2.19. The first-order valence-electron chi connectivity index (χ1n) is 6.42. The van der Waals surface area contributed by atoms with Crippen LogP contribution in [-0.4, -0.2) is 45.7 Å². The minimum Gasteiger partial charge on any atom is -0.391 e. The van der Waals surface area contributed by atoms with Crippen LogP contribution in [0.25, 0.3) is 4.85 Å². The Balaban J connectivity index is 2.03. The van der Waals surface area contributed by atoms with Gasteiger partial charge in [-0.25, -0.2) is 4.85 Å². The van der Waals surface area contributed by atoms with Gasteiger partial charge in [-0.3, -0.25) is 5.01 Å². The van der Waals surface area contributed by atoms with E-state index in [1.54, 1.807) is 24.1 Å². The molecule has 104 valence electrons. The summed E-state index contributed by atoms with van der Waals surface area (Å²) in [7, 11) is 0. The van der Waals surface area contributed by atoms with Crippen molar-refractivity contribution >= 4 is 23.0 Å². The number of nitrogens with zero attached hydrogens (tertiary/aromatic N) is 3. The summed E-state index contributed by atoms with van der Waals surface area (Å²) >= 11 is 6.16. The van der Waals surface area contributed by atoms with Gasteiger partial charge >= 0.3 is 0 Å². The van der Waals surface area contributed by atoms with Crippen molar-refractivity contribution in [1.82, 2.24) is 5.01 Å². The molecule has 2 N–H and O–H groups in total. The third-order valence-corrected chi connectivity index (χ3v) is 4.47. The van der Waals surface area contributed by atoms with E-state index in [4.69, 9.17) is 18.2 Å². The van der Waals surface area contributed by atoms with Crippen LogP contribution in [0.4, 0.5) is 5.69 Å². The molecule has 0 aromatic heterocycles. The molecular weight excluding hydrogens is 278 g/mol. The monoisotopic (exact) mass is 291 g/mol. The normalized spacial score (nSPS) is 28.2. The second-order valence-electron chi connectivity index (χ2n) is 5.12. The SMILES string of the molecule is [C-]#[N+]c1ccc(C2=NN3CC[C@H](O)[C@H]3[C@@H]2O)c(C)c1Cl. The number of rotatable bonds is 1. The van der Waals surface area contributed by atoms with E-state index < -0.39 is 12.2 Å². The minimum atomic E-state index is -0.832. The molecule has 0 unspecified atom stereocenters. The van der Waals surface area contributed by atoms with E-state index in [9.17, 15) is 10.2 Å². The summed E-state index contributed by atoms with van der Waals surface area (Å²) in [6.45, 7) is 9.50. The first-order chi connectivity index (χ1) is 9.54. The molecule has 3 atom stereocenters. The molecule has 0 bridgehead atoms. The summed E-state index contributed by atoms with van der Waals surface area (Å²) in [6.07, 6.45) is -0.778. The topological polar surface area (TPSA) is 60.4 Å². The van der Waals surface area contributed by atoms with E-state index in [1.165, 1.54) is 0 Å². The van der Waals surface area contributed by atoms with Crippen LogP contribution in [0.15, 0.2) is 17.2 Å². The number of fused-ring (bicyclic) bond motifs is 1. The molecule has 0 amide bonds. The fourth-order valence-corrected chi connectivity index (χ4v) is 3.09. The Morgan fingerprint density at radius 2 is 2.20 bits per heavy atom. The molecule has 2 aliphatic rings. The van der Waals surface area contributed by atoms with Gasteiger partial charge in [-0.15, -0.1) is 0 Å². The van der Waals surface area contributed by atoms with Gasteiger partial charge in [-0.05, 0) is 18.9 Å². The molecule has 2 aliphatic heterocycles. The summed E-state index contributed by atoms with van der Waals surface area (Å²) in [5.74, 6) is 0. The molecule has 20 heavy (non-hydrogen) atoms. The summed E-state index contributed by atoms with van der Waals surface area (Å²) in [5.41, 5.74) is 2.37. The van der Waals surface area contributed by atoms with Crippen molar-refractivity contribution in [2.45, 2.75) is 31.6 Å². The van der Waals surface area contributed by atoms with Gasteiger partial charge in [-0.2, -0.15) is 5.10 Å². The highest BCUT2D eigenvalue weighted by Crippen LogP contribution is 2.35. The van der Waals surface area contributed by atoms with E-state index in [1.807, 2.05) is 0 Å². The average Bonchev–Trinajstić information content (AvgIpc) is 2.95. The van der Waals surface area contributed by atoms with Crippen molar-refractivity contribution in [3.8, 4) is 0 Å². The number of aliphatic hydroxyl groups excluding tert-OH is 2. The lowest BCUT2D eigenvalue weighted by Crippen LogP contribution is -2.40. The minimum absolute atomic E-state index is 0.372. The van der Waals surface area contributed by atoms with Crippen molar-refractivity contribution in [3.05, 3.63) is 39.7 Å².